The predicted octanol–water partition coefficient (Wildman–Crippen LogP) is 4.51. The highest BCUT2D eigenvalue weighted by Gasteiger charge is 2.30. The van der Waals surface area contributed by atoms with E-state index in [0.29, 0.717) is 5.56 Å². The second-order valence-corrected chi connectivity index (χ2v) is 9.54. The Bertz CT molecular complexity index is 871. The largest absolute Gasteiger partial charge is 0.496 e. The highest BCUT2D eigenvalue weighted by molar-refractivity contribution is 5.98. The average molecular weight is 411 g/mol. The van der Waals surface area contributed by atoms with Crippen molar-refractivity contribution in [2.45, 2.75) is 58.4 Å². The molecule has 30 heavy (non-hydrogen) atoms. The van der Waals surface area contributed by atoms with Crippen LogP contribution in [0.5, 0.6) is 5.75 Å². The molecule has 5 nitrogen and oxygen atoms in total. The number of carbonyl (C=O) groups excluding carboxylic acids is 2. The monoisotopic (exact) mass is 410 g/mol. The van der Waals surface area contributed by atoms with Crippen LogP contribution in [-0.4, -0.2) is 26.0 Å². The zero-order valence-electron chi connectivity index (χ0n) is 19.3. The van der Waals surface area contributed by atoms with Crippen molar-refractivity contribution in [3.8, 4) is 5.75 Å². The van der Waals surface area contributed by atoms with Crippen LogP contribution in [0.2, 0.25) is 0 Å². The molecule has 5 heteroatoms. The van der Waals surface area contributed by atoms with E-state index >= 15 is 0 Å². The molecule has 0 aliphatic rings. The van der Waals surface area contributed by atoms with E-state index in [4.69, 9.17) is 4.74 Å². The first-order chi connectivity index (χ1) is 13.9. The third kappa shape index (κ3) is 5.21. The summed E-state index contributed by atoms with van der Waals surface area (Å²) in [7, 11) is 3.23. The SMILES string of the molecule is CNC(=O)[C@@H](NC(=O)c1cc(C(C)(C)C)c(OC)c(C(C)(C)C)c1)c1ccccc1. The van der Waals surface area contributed by atoms with Crippen molar-refractivity contribution >= 4 is 11.8 Å². The predicted molar refractivity (Wildman–Crippen MR) is 121 cm³/mol. The molecule has 162 valence electrons. The Balaban J connectivity index is 2.56. The molecule has 0 saturated carbocycles. The number of hydrogen-bond donors (Lipinski definition) is 2. The zero-order chi connectivity index (χ0) is 22.7. The third-order valence-electron chi connectivity index (χ3n) is 5.09. The van der Waals surface area contributed by atoms with E-state index in [-0.39, 0.29) is 22.6 Å². The molecule has 0 aromatic heterocycles. The maximum absolute atomic E-state index is 13.3. The molecule has 0 spiro atoms. The quantitative estimate of drug-likeness (QED) is 0.762. The molecule has 2 amide bonds. The van der Waals surface area contributed by atoms with Gasteiger partial charge in [0.25, 0.3) is 5.91 Å². The van der Waals surface area contributed by atoms with Crippen LogP contribution in [0.3, 0.4) is 0 Å². The topological polar surface area (TPSA) is 67.4 Å². The Labute approximate surface area is 180 Å². The standard InChI is InChI=1S/C25H34N2O3/c1-24(2,3)18-14-17(15-19(21(18)30-8)25(4,5)6)22(28)27-20(23(29)26-7)16-12-10-9-11-13-16/h9-15,20H,1-8H3,(H,26,29)(H,27,28)/t20-/m0/s1. The average Bonchev–Trinajstić information content (AvgIpc) is 2.69. The summed E-state index contributed by atoms with van der Waals surface area (Å²) in [4.78, 5) is 25.8. The van der Waals surface area contributed by atoms with Gasteiger partial charge < -0.3 is 15.4 Å². The molecule has 1 atom stereocenters. The lowest BCUT2D eigenvalue weighted by molar-refractivity contribution is -0.122. The smallest absolute Gasteiger partial charge is 0.252 e. The van der Waals surface area contributed by atoms with Crippen molar-refractivity contribution in [1.29, 1.82) is 0 Å². The molecule has 2 aromatic rings. The van der Waals surface area contributed by atoms with E-state index in [0.717, 1.165) is 22.4 Å². The van der Waals surface area contributed by atoms with Crippen LogP contribution in [-0.2, 0) is 15.6 Å². The zero-order valence-corrected chi connectivity index (χ0v) is 19.3. The summed E-state index contributed by atoms with van der Waals surface area (Å²) in [6, 6.07) is 12.2. The number of likely N-dealkylation sites (N-methyl/N-ethyl adjacent to an activating group) is 1. The molecule has 0 saturated heterocycles. The van der Waals surface area contributed by atoms with Gasteiger partial charge in [-0.15, -0.1) is 0 Å². The first kappa shape index (κ1) is 23.5. The van der Waals surface area contributed by atoms with Crippen LogP contribution in [0, 0.1) is 0 Å². The number of methoxy groups -OCH3 is 1. The van der Waals surface area contributed by atoms with Crippen molar-refractivity contribution in [1.82, 2.24) is 10.6 Å². The molecular formula is C25H34N2O3. The molecule has 0 fully saturated rings. The first-order valence-corrected chi connectivity index (χ1v) is 10.2. The normalized spacial score (nSPS) is 12.8. The number of ether oxygens (including phenoxy) is 1. The molecular weight excluding hydrogens is 376 g/mol. The summed E-state index contributed by atoms with van der Waals surface area (Å²) in [5, 5.41) is 5.54. The lowest BCUT2D eigenvalue weighted by Gasteiger charge is -2.30. The van der Waals surface area contributed by atoms with E-state index in [1.54, 1.807) is 14.2 Å². The van der Waals surface area contributed by atoms with Crippen molar-refractivity contribution in [2.75, 3.05) is 14.2 Å². The van der Waals surface area contributed by atoms with Gasteiger partial charge in [0.1, 0.15) is 11.8 Å². The molecule has 0 bridgehead atoms. The summed E-state index contributed by atoms with van der Waals surface area (Å²) in [6.45, 7) is 12.6. The summed E-state index contributed by atoms with van der Waals surface area (Å²) < 4.78 is 5.77. The minimum atomic E-state index is -0.776. The number of benzene rings is 2. The lowest BCUT2D eigenvalue weighted by atomic mass is 9.78. The number of rotatable bonds is 5. The van der Waals surface area contributed by atoms with Crippen LogP contribution in [0.15, 0.2) is 42.5 Å². The van der Waals surface area contributed by atoms with Crippen LogP contribution in [0.4, 0.5) is 0 Å². The summed E-state index contributed by atoms with van der Waals surface area (Å²) in [6.07, 6.45) is 0. The summed E-state index contributed by atoms with van der Waals surface area (Å²) in [5.74, 6) is 0.235. The van der Waals surface area contributed by atoms with Gasteiger partial charge in [-0.2, -0.15) is 0 Å². The van der Waals surface area contributed by atoms with Crippen molar-refractivity contribution in [3.63, 3.8) is 0 Å². The lowest BCUT2D eigenvalue weighted by Crippen LogP contribution is -2.39. The summed E-state index contributed by atoms with van der Waals surface area (Å²) >= 11 is 0. The number of hydrogen-bond acceptors (Lipinski definition) is 3. The van der Waals surface area contributed by atoms with Crippen molar-refractivity contribution in [3.05, 3.63) is 64.7 Å². The van der Waals surface area contributed by atoms with Gasteiger partial charge in [-0.3, -0.25) is 9.59 Å². The molecule has 0 unspecified atom stereocenters. The highest BCUT2D eigenvalue weighted by atomic mass is 16.5. The number of carbonyl (C=O) groups is 2. The van der Waals surface area contributed by atoms with Crippen LogP contribution in [0.25, 0.3) is 0 Å². The van der Waals surface area contributed by atoms with E-state index in [9.17, 15) is 9.59 Å². The van der Waals surface area contributed by atoms with Gasteiger partial charge in [0.15, 0.2) is 0 Å². The van der Waals surface area contributed by atoms with E-state index in [1.807, 2.05) is 42.5 Å². The minimum absolute atomic E-state index is 0.221. The second-order valence-electron chi connectivity index (χ2n) is 9.54. The molecule has 0 radical (unpaired) electrons. The van der Waals surface area contributed by atoms with Crippen molar-refractivity contribution in [2.24, 2.45) is 0 Å². The van der Waals surface area contributed by atoms with Crippen LogP contribution >= 0.6 is 0 Å². The molecule has 2 aromatic carbocycles. The molecule has 0 aliphatic carbocycles. The van der Waals surface area contributed by atoms with E-state index in [1.165, 1.54) is 0 Å². The fraction of sp³-hybridized carbons (Fsp3) is 0.440. The Hall–Kier alpha value is -2.82. The summed E-state index contributed by atoms with van der Waals surface area (Å²) in [5.41, 5.74) is 2.71. The van der Waals surface area contributed by atoms with Gasteiger partial charge in [-0.1, -0.05) is 71.9 Å². The Morgan fingerprint density at radius 1 is 0.900 bits per heavy atom. The molecule has 2 N–H and O–H groups in total. The van der Waals surface area contributed by atoms with Gasteiger partial charge >= 0.3 is 0 Å². The van der Waals surface area contributed by atoms with Gasteiger partial charge in [-0.25, -0.2) is 0 Å². The Morgan fingerprint density at radius 2 is 1.40 bits per heavy atom. The second kappa shape index (κ2) is 8.90. The maximum Gasteiger partial charge on any atom is 0.252 e. The Kier molecular flexibility index (Phi) is 6.96. The van der Waals surface area contributed by atoms with Gasteiger partial charge in [0.2, 0.25) is 5.91 Å². The van der Waals surface area contributed by atoms with Gasteiger partial charge in [0, 0.05) is 23.7 Å². The van der Waals surface area contributed by atoms with Crippen molar-refractivity contribution < 1.29 is 14.3 Å². The van der Waals surface area contributed by atoms with E-state index in [2.05, 4.69) is 52.2 Å². The number of amides is 2. The van der Waals surface area contributed by atoms with Crippen LogP contribution in [0.1, 0.15) is 74.6 Å². The maximum atomic E-state index is 13.3. The highest BCUT2D eigenvalue weighted by Crippen LogP contribution is 2.40. The minimum Gasteiger partial charge on any atom is -0.496 e. The first-order valence-electron chi connectivity index (χ1n) is 10.2. The molecule has 0 aliphatic heterocycles. The third-order valence-corrected chi connectivity index (χ3v) is 5.09. The van der Waals surface area contributed by atoms with Gasteiger partial charge in [-0.05, 0) is 28.5 Å². The fourth-order valence-corrected chi connectivity index (χ4v) is 3.40. The number of nitrogens with one attached hydrogen (secondary N) is 2. The molecule has 2 rings (SSSR count). The van der Waals surface area contributed by atoms with Crippen LogP contribution < -0.4 is 15.4 Å². The van der Waals surface area contributed by atoms with E-state index < -0.39 is 6.04 Å². The fourth-order valence-electron chi connectivity index (χ4n) is 3.40. The molecule has 0 heterocycles. The van der Waals surface area contributed by atoms with Gasteiger partial charge in [0.05, 0.1) is 7.11 Å². The Morgan fingerprint density at radius 3 is 1.80 bits per heavy atom.